The molecule has 1 fully saturated rings. The Kier molecular flexibility index (Phi) is 6.20. The first-order valence-corrected chi connectivity index (χ1v) is 10.9. The summed E-state index contributed by atoms with van der Waals surface area (Å²) >= 11 is 0. The molecule has 0 radical (unpaired) electrons. The van der Waals surface area contributed by atoms with Crippen molar-refractivity contribution in [1.29, 1.82) is 5.26 Å². The van der Waals surface area contributed by atoms with Gasteiger partial charge in [0.1, 0.15) is 23.5 Å². The lowest BCUT2D eigenvalue weighted by molar-refractivity contribution is 0.184. The van der Waals surface area contributed by atoms with Crippen LogP contribution in [0.1, 0.15) is 38.7 Å². The first-order valence-electron chi connectivity index (χ1n) is 9.38. The Hall–Kier alpha value is -2.50. The first kappa shape index (κ1) is 21.2. The number of benzene rings is 2. The molecule has 0 spiro atoms. The second-order valence-corrected chi connectivity index (χ2v) is 9.62. The van der Waals surface area contributed by atoms with E-state index in [1.807, 2.05) is 6.07 Å². The number of nitrogens with zero attached hydrogens (tertiary/aromatic N) is 1. The van der Waals surface area contributed by atoms with Crippen molar-refractivity contribution in [1.82, 2.24) is 4.72 Å². The fourth-order valence-electron chi connectivity index (χ4n) is 3.36. The summed E-state index contributed by atoms with van der Waals surface area (Å²) in [5.74, 6) is -0.905. The highest BCUT2D eigenvalue weighted by molar-refractivity contribution is 7.90. The van der Waals surface area contributed by atoms with Gasteiger partial charge in [0.05, 0.1) is 22.9 Å². The molecule has 2 aromatic carbocycles. The van der Waals surface area contributed by atoms with Gasteiger partial charge in [-0.15, -0.1) is 0 Å². The van der Waals surface area contributed by atoms with Gasteiger partial charge >= 0.3 is 0 Å². The summed E-state index contributed by atoms with van der Waals surface area (Å²) in [6.45, 7) is 3.21. The fraction of sp³-hybridized carbons (Fsp3) is 0.381. The number of hydrogen-bond donors (Lipinski definition) is 1. The number of sulfonamides is 1. The lowest BCUT2D eigenvalue weighted by Crippen LogP contribution is -2.44. The molecule has 1 aliphatic rings. The van der Waals surface area contributed by atoms with Gasteiger partial charge in [0.2, 0.25) is 10.0 Å². The van der Waals surface area contributed by atoms with Gasteiger partial charge in [0.15, 0.2) is 0 Å². The average Bonchev–Trinajstić information content (AvgIpc) is 3.08. The molecule has 5 nitrogen and oxygen atoms in total. The van der Waals surface area contributed by atoms with Crippen LogP contribution in [-0.2, 0) is 10.0 Å². The van der Waals surface area contributed by atoms with Crippen LogP contribution in [0.15, 0.2) is 36.4 Å². The molecule has 154 valence electrons. The van der Waals surface area contributed by atoms with Crippen LogP contribution in [0.3, 0.4) is 0 Å². The molecule has 0 heterocycles. The molecule has 1 saturated carbocycles. The molecule has 1 aliphatic carbocycles. The third-order valence-electron chi connectivity index (χ3n) is 5.01. The standard InChI is InChI=1S/C21H22F2N2O3S/c1-13(2)29(26,27)25-20-4-3-5-21(20)28-16-7-9-18(19(23)11-16)17-8-6-15(22)10-14(17)12-24/h6-11,13,20-21,25H,3-5H2,1-2H3. The molecule has 1 N–H and O–H groups in total. The van der Waals surface area contributed by atoms with E-state index in [0.29, 0.717) is 18.4 Å². The van der Waals surface area contributed by atoms with Crippen LogP contribution in [0.4, 0.5) is 8.78 Å². The SMILES string of the molecule is CC(C)S(=O)(=O)NC1CCCC1Oc1ccc(-c2ccc(F)cc2C#N)c(F)c1. The van der Waals surface area contributed by atoms with E-state index in [9.17, 15) is 22.5 Å². The van der Waals surface area contributed by atoms with Crippen LogP contribution < -0.4 is 9.46 Å². The van der Waals surface area contributed by atoms with Crippen LogP contribution in [0.2, 0.25) is 0 Å². The van der Waals surface area contributed by atoms with E-state index in [0.717, 1.165) is 12.5 Å². The molecule has 2 atom stereocenters. The maximum atomic E-state index is 14.7. The van der Waals surface area contributed by atoms with E-state index >= 15 is 0 Å². The molecule has 29 heavy (non-hydrogen) atoms. The smallest absolute Gasteiger partial charge is 0.214 e. The van der Waals surface area contributed by atoms with Gasteiger partial charge in [0.25, 0.3) is 0 Å². The number of ether oxygens (including phenoxy) is 1. The third-order valence-corrected chi connectivity index (χ3v) is 6.88. The fourth-order valence-corrected chi connectivity index (χ4v) is 4.32. The summed E-state index contributed by atoms with van der Waals surface area (Å²) in [6, 6.07) is 9.33. The van der Waals surface area contributed by atoms with Gasteiger partial charge in [-0.25, -0.2) is 21.9 Å². The van der Waals surface area contributed by atoms with E-state index in [-0.39, 0.29) is 22.9 Å². The third kappa shape index (κ3) is 4.74. The molecular weight excluding hydrogens is 398 g/mol. The number of hydrogen-bond acceptors (Lipinski definition) is 4. The minimum atomic E-state index is -3.43. The molecule has 0 saturated heterocycles. The Morgan fingerprint density at radius 1 is 1.14 bits per heavy atom. The lowest BCUT2D eigenvalue weighted by atomic mass is 9.99. The molecule has 8 heteroatoms. The van der Waals surface area contributed by atoms with Crippen molar-refractivity contribution in [3.05, 3.63) is 53.6 Å². The average molecular weight is 420 g/mol. The molecule has 0 bridgehead atoms. The van der Waals surface area contributed by atoms with Gasteiger partial charge in [-0.3, -0.25) is 0 Å². The van der Waals surface area contributed by atoms with Gasteiger partial charge in [-0.2, -0.15) is 5.26 Å². The molecule has 0 aliphatic heterocycles. The number of nitriles is 1. The predicted octanol–water partition coefficient (Wildman–Crippen LogP) is 4.13. The summed E-state index contributed by atoms with van der Waals surface area (Å²) in [4.78, 5) is 0. The van der Waals surface area contributed by atoms with Gasteiger partial charge < -0.3 is 4.74 Å². The highest BCUT2D eigenvalue weighted by Crippen LogP contribution is 2.31. The van der Waals surface area contributed by atoms with Crippen LogP contribution in [0.25, 0.3) is 11.1 Å². The van der Waals surface area contributed by atoms with Crippen molar-refractivity contribution in [2.75, 3.05) is 0 Å². The van der Waals surface area contributed by atoms with E-state index in [2.05, 4.69) is 4.72 Å². The molecular formula is C21H22F2N2O3S. The molecule has 2 aromatic rings. The van der Waals surface area contributed by atoms with Crippen molar-refractivity contribution in [2.24, 2.45) is 0 Å². The van der Waals surface area contributed by atoms with Crippen LogP contribution in [0, 0.1) is 23.0 Å². The molecule has 2 unspecified atom stereocenters. The predicted molar refractivity (Wildman–Crippen MR) is 106 cm³/mol. The Morgan fingerprint density at radius 2 is 1.86 bits per heavy atom. The van der Waals surface area contributed by atoms with Gasteiger partial charge in [-0.1, -0.05) is 6.07 Å². The molecule has 0 amide bonds. The van der Waals surface area contributed by atoms with Gasteiger partial charge in [-0.05, 0) is 57.4 Å². The highest BCUT2D eigenvalue weighted by atomic mass is 32.2. The molecule has 0 aromatic heterocycles. The monoisotopic (exact) mass is 420 g/mol. The highest BCUT2D eigenvalue weighted by Gasteiger charge is 2.33. The van der Waals surface area contributed by atoms with Crippen molar-refractivity contribution in [2.45, 2.75) is 50.5 Å². The minimum Gasteiger partial charge on any atom is -0.489 e. The van der Waals surface area contributed by atoms with Crippen LogP contribution in [-0.4, -0.2) is 25.8 Å². The van der Waals surface area contributed by atoms with Crippen molar-refractivity contribution in [3.8, 4) is 22.9 Å². The second-order valence-electron chi connectivity index (χ2n) is 7.35. The van der Waals surface area contributed by atoms with E-state index < -0.39 is 33.0 Å². The zero-order chi connectivity index (χ0) is 21.2. The maximum absolute atomic E-state index is 14.7. The Labute approximate surface area is 169 Å². The summed E-state index contributed by atoms with van der Waals surface area (Å²) in [7, 11) is -3.43. The number of rotatable bonds is 6. The molecule has 3 rings (SSSR count). The summed E-state index contributed by atoms with van der Waals surface area (Å²) in [5.41, 5.74) is 0.496. The quantitative estimate of drug-likeness (QED) is 0.762. The van der Waals surface area contributed by atoms with Gasteiger partial charge in [0, 0.05) is 17.2 Å². The van der Waals surface area contributed by atoms with Crippen LogP contribution >= 0.6 is 0 Å². The van der Waals surface area contributed by atoms with E-state index in [1.165, 1.54) is 24.3 Å². The Bertz CT molecular complexity index is 1050. The number of halogens is 2. The summed E-state index contributed by atoms with van der Waals surface area (Å²) in [6.07, 6.45) is 1.72. The first-order chi connectivity index (χ1) is 13.7. The topological polar surface area (TPSA) is 79.2 Å². The maximum Gasteiger partial charge on any atom is 0.214 e. The van der Waals surface area contributed by atoms with E-state index in [1.54, 1.807) is 19.9 Å². The summed E-state index contributed by atoms with van der Waals surface area (Å²) < 4.78 is 60.9. The Balaban J connectivity index is 1.80. The largest absolute Gasteiger partial charge is 0.489 e. The van der Waals surface area contributed by atoms with E-state index in [4.69, 9.17) is 4.74 Å². The zero-order valence-electron chi connectivity index (χ0n) is 16.2. The van der Waals surface area contributed by atoms with Crippen molar-refractivity contribution >= 4 is 10.0 Å². The van der Waals surface area contributed by atoms with Crippen molar-refractivity contribution in [3.63, 3.8) is 0 Å². The lowest BCUT2D eigenvalue weighted by Gasteiger charge is -2.23. The number of nitrogens with one attached hydrogen (secondary N) is 1. The summed E-state index contributed by atoms with van der Waals surface area (Å²) in [5, 5.41) is 8.63. The zero-order valence-corrected chi connectivity index (χ0v) is 17.0. The Morgan fingerprint density at radius 3 is 2.52 bits per heavy atom. The van der Waals surface area contributed by atoms with Crippen LogP contribution in [0.5, 0.6) is 5.75 Å². The van der Waals surface area contributed by atoms with Crippen molar-refractivity contribution < 1.29 is 21.9 Å². The second kappa shape index (κ2) is 8.47. The minimum absolute atomic E-state index is 0.0384. The normalized spacial score (nSPS) is 19.3.